The van der Waals surface area contributed by atoms with Crippen LogP contribution in [0.2, 0.25) is 0 Å². The monoisotopic (exact) mass is 267 g/mol. The highest BCUT2D eigenvalue weighted by Gasteiger charge is 2.34. The van der Waals surface area contributed by atoms with Crippen molar-refractivity contribution in [3.63, 3.8) is 0 Å². The molecule has 0 unspecified atom stereocenters. The number of hydrogen-bond donors (Lipinski definition) is 1. The summed E-state index contributed by atoms with van der Waals surface area (Å²) in [6.45, 7) is 4.07. The SMILES string of the molecule is CC(C)Oc1ccc(C2(N)Cc3ccccc3C2)cc1. The Morgan fingerprint density at radius 3 is 2.00 bits per heavy atom. The first-order chi connectivity index (χ1) is 9.57. The largest absolute Gasteiger partial charge is 0.491 e. The normalized spacial score (nSPS) is 16.2. The van der Waals surface area contributed by atoms with Crippen molar-refractivity contribution < 1.29 is 4.74 Å². The Balaban J connectivity index is 1.83. The number of hydrogen-bond acceptors (Lipinski definition) is 2. The fourth-order valence-corrected chi connectivity index (χ4v) is 2.99. The zero-order valence-corrected chi connectivity index (χ0v) is 12.1. The topological polar surface area (TPSA) is 35.2 Å². The van der Waals surface area contributed by atoms with Crippen molar-refractivity contribution in [3.05, 3.63) is 65.2 Å². The molecule has 0 heterocycles. The van der Waals surface area contributed by atoms with E-state index in [9.17, 15) is 0 Å². The molecule has 0 bridgehead atoms. The van der Waals surface area contributed by atoms with Gasteiger partial charge in [-0.15, -0.1) is 0 Å². The van der Waals surface area contributed by atoms with Crippen LogP contribution in [0.15, 0.2) is 48.5 Å². The van der Waals surface area contributed by atoms with E-state index in [-0.39, 0.29) is 11.6 Å². The van der Waals surface area contributed by atoms with Gasteiger partial charge in [-0.2, -0.15) is 0 Å². The van der Waals surface area contributed by atoms with Crippen LogP contribution in [-0.2, 0) is 18.4 Å². The molecule has 1 aliphatic carbocycles. The molecule has 0 saturated carbocycles. The van der Waals surface area contributed by atoms with Gasteiger partial charge in [0.15, 0.2) is 0 Å². The van der Waals surface area contributed by atoms with Crippen LogP contribution in [0.3, 0.4) is 0 Å². The van der Waals surface area contributed by atoms with E-state index >= 15 is 0 Å². The van der Waals surface area contributed by atoms with Crippen molar-refractivity contribution in [2.24, 2.45) is 5.73 Å². The summed E-state index contributed by atoms with van der Waals surface area (Å²) in [4.78, 5) is 0. The Hall–Kier alpha value is -1.80. The number of rotatable bonds is 3. The molecule has 2 nitrogen and oxygen atoms in total. The quantitative estimate of drug-likeness (QED) is 0.924. The Morgan fingerprint density at radius 1 is 0.950 bits per heavy atom. The smallest absolute Gasteiger partial charge is 0.119 e. The molecular weight excluding hydrogens is 246 g/mol. The van der Waals surface area contributed by atoms with Gasteiger partial charge in [-0.05, 0) is 55.5 Å². The van der Waals surface area contributed by atoms with E-state index in [0.29, 0.717) is 0 Å². The first-order valence-corrected chi connectivity index (χ1v) is 7.20. The van der Waals surface area contributed by atoms with Crippen molar-refractivity contribution in [2.75, 3.05) is 0 Å². The maximum atomic E-state index is 6.64. The Morgan fingerprint density at radius 2 is 1.50 bits per heavy atom. The van der Waals surface area contributed by atoms with Crippen molar-refractivity contribution in [3.8, 4) is 5.75 Å². The van der Waals surface area contributed by atoms with Gasteiger partial charge in [0, 0.05) is 5.54 Å². The Kier molecular flexibility index (Phi) is 3.27. The summed E-state index contributed by atoms with van der Waals surface area (Å²) in [5.74, 6) is 0.905. The summed E-state index contributed by atoms with van der Waals surface area (Å²) >= 11 is 0. The van der Waals surface area contributed by atoms with Gasteiger partial charge >= 0.3 is 0 Å². The van der Waals surface area contributed by atoms with Crippen LogP contribution in [0, 0.1) is 0 Å². The molecule has 0 fully saturated rings. The Bertz CT molecular complexity index is 576. The minimum absolute atomic E-state index is 0.198. The van der Waals surface area contributed by atoms with Crippen LogP contribution in [0.4, 0.5) is 0 Å². The van der Waals surface area contributed by atoms with Crippen LogP contribution < -0.4 is 10.5 Å². The molecule has 0 atom stereocenters. The van der Waals surface area contributed by atoms with Gasteiger partial charge in [0.2, 0.25) is 0 Å². The third-order valence-corrected chi connectivity index (χ3v) is 3.93. The molecule has 2 heteroatoms. The lowest BCUT2D eigenvalue weighted by atomic mass is 9.88. The predicted molar refractivity (Wildman–Crippen MR) is 81.9 cm³/mol. The van der Waals surface area contributed by atoms with Gasteiger partial charge in [0.1, 0.15) is 5.75 Å². The molecule has 2 aromatic rings. The number of ether oxygens (including phenoxy) is 1. The predicted octanol–water partition coefficient (Wildman–Crippen LogP) is 3.43. The second kappa shape index (κ2) is 4.95. The average Bonchev–Trinajstić information content (AvgIpc) is 2.76. The summed E-state index contributed by atoms with van der Waals surface area (Å²) in [7, 11) is 0. The Labute approximate surface area is 120 Å². The first kappa shape index (κ1) is 13.2. The van der Waals surface area contributed by atoms with E-state index in [2.05, 4.69) is 36.4 Å². The van der Waals surface area contributed by atoms with Crippen LogP contribution in [-0.4, -0.2) is 6.10 Å². The first-order valence-electron chi connectivity index (χ1n) is 7.20. The molecule has 0 amide bonds. The lowest BCUT2D eigenvalue weighted by Gasteiger charge is -2.24. The molecule has 0 radical (unpaired) electrons. The van der Waals surface area contributed by atoms with Crippen LogP contribution in [0.5, 0.6) is 5.75 Å². The van der Waals surface area contributed by atoms with E-state index < -0.39 is 0 Å². The van der Waals surface area contributed by atoms with Gasteiger partial charge in [-0.25, -0.2) is 0 Å². The van der Waals surface area contributed by atoms with E-state index in [0.717, 1.165) is 18.6 Å². The maximum Gasteiger partial charge on any atom is 0.119 e. The molecule has 20 heavy (non-hydrogen) atoms. The van der Waals surface area contributed by atoms with Crippen LogP contribution in [0.1, 0.15) is 30.5 Å². The molecule has 1 aliphatic rings. The van der Waals surface area contributed by atoms with E-state index in [4.69, 9.17) is 10.5 Å². The number of nitrogens with two attached hydrogens (primary N) is 1. The van der Waals surface area contributed by atoms with Crippen molar-refractivity contribution in [2.45, 2.75) is 38.3 Å². The van der Waals surface area contributed by atoms with Crippen molar-refractivity contribution >= 4 is 0 Å². The summed E-state index contributed by atoms with van der Waals surface area (Å²) < 4.78 is 5.69. The zero-order valence-electron chi connectivity index (χ0n) is 12.1. The third-order valence-electron chi connectivity index (χ3n) is 3.93. The zero-order chi connectivity index (χ0) is 14.2. The number of benzene rings is 2. The van der Waals surface area contributed by atoms with Crippen LogP contribution in [0.25, 0.3) is 0 Å². The van der Waals surface area contributed by atoms with Gasteiger partial charge in [0.25, 0.3) is 0 Å². The van der Waals surface area contributed by atoms with Gasteiger partial charge in [-0.1, -0.05) is 36.4 Å². The molecule has 0 saturated heterocycles. The molecule has 0 aromatic heterocycles. The lowest BCUT2D eigenvalue weighted by Crippen LogP contribution is -2.37. The number of fused-ring (bicyclic) bond motifs is 1. The average molecular weight is 267 g/mol. The lowest BCUT2D eigenvalue weighted by molar-refractivity contribution is 0.242. The van der Waals surface area contributed by atoms with Crippen LogP contribution >= 0.6 is 0 Å². The second-order valence-electron chi connectivity index (χ2n) is 5.97. The van der Waals surface area contributed by atoms with Gasteiger partial charge in [-0.3, -0.25) is 0 Å². The molecule has 104 valence electrons. The molecule has 2 aromatic carbocycles. The van der Waals surface area contributed by atoms with E-state index in [1.807, 2.05) is 26.0 Å². The minimum atomic E-state index is -0.278. The molecule has 0 aliphatic heterocycles. The molecular formula is C18H21NO. The minimum Gasteiger partial charge on any atom is -0.491 e. The summed E-state index contributed by atoms with van der Waals surface area (Å²) in [5, 5.41) is 0. The second-order valence-corrected chi connectivity index (χ2v) is 5.97. The highest BCUT2D eigenvalue weighted by atomic mass is 16.5. The standard InChI is InChI=1S/C18H21NO/c1-13(2)20-17-9-7-16(8-10-17)18(19)11-14-5-3-4-6-15(14)12-18/h3-10,13H,11-12,19H2,1-2H3. The van der Waals surface area contributed by atoms with Crippen molar-refractivity contribution in [1.82, 2.24) is 0 Å². The van der Waals surface area contributed by atoms with E-state index in [1.165, 1.54) is 16.7 Å². The van der Waals surface area contributed by atoms with Crippen molar-refractivity contribution in [1.29, 1.82) is 0 Å². The van der Waals surface area contributed by atoms with Gasteiger partial charge in [0.05, 0.1) is 6.10 Å². The summed E-state index contributed by atoms with van der Waals surface area (Å²) in [5.41, 5.74) is 10.3. The summed E-state index contributed by atoms with van der Waals surface area (Å²) in [6, 6.07) is 16.8. The molecule has 2 N–H and O–H groups in total. The highest BCUT2D eigenvalue weighted by Crippen LogP contribution is 2.36. The third kappa shape index (κ3) is 2.44. The maximum absolute atomic E-state index is 6.64. The molecule has 3 rings (SSSR count). The molecule has 0 spiro atoms. The highest BCUT2D eigenvalue weighted by molar-refractivity contribution is 5.42. The fraction of sp³-hybridized carbons (Fsp3) is 0.333. The van der Waals surface area contributed by atoms with Gasteiger partial charge < -0.3 is 10.5 Å². The summed E-state index contributed by atoms with van der Waals surface area (Å²) in [6.07, 6.45) is 2.02. The fourth-order valence-electron chi connectivity index (χ4n) is 2.99. The van der Waals surface area contributed by atoms with E-state index in [1.54, 1.807) is 0 Å².